The second kappa shape index (κ2) is 7.78. The summed E-state index contributed by atoms with van der Waals surface area (Å²) < 4.78 is 1.87. The summed E-state index contributed by atoms with van der Waals surface area (Å²) in [7, 11) is 0. The van der Waals surface area contributed by atoms with Gasteiger partial charge in [0.2, 0.25) is 0 Å². The molecule has 0 spiro atoms. The fourth-order valence-corrected chi connectivity index (χ4v) is 3.55. The highest BCUT2D eigenvalue weighted by Crippen LogP contribution is 2.27. The lowest BCUT2D eigenvalue weighted by Crippen LogP contribution is -1.93. The molecule has 2 aromatic carbocycles. The van der Waals surface area contributed by atoms with Gasteiger partial charge in [-0.25, -0.2) is 4.68 Å². The number of aromatic nitrogens is 2. The molecule has 0 unspecified atom stereocenters. The van der Waals surface area contributed by atoms with Crippen LogP contribution in [0.1, 0.15) is 11.1 Å². The molecule has 27 heavy (non-hydrogen) atoms. The van der Waals surface area contributed by atoms with Crippen LogP contribution >= 0.6 is 22.9 Å². The Morgan fingerprint density at radius 1 is 1.11 bits per heavy atom. The van der Waals surface area contributed by atoms with Crippen molar-refractivity contribution in [3.05, 3.63) is 88.4 Å². The summed E-state index contributed by atoms with van der Waals surface area (Å²) in [6.45, 7) is 1.97. The Kier molecular flexibility index (Phi) is 5.05. The number of nitrogens with one attached hydrogen (secondary N) is 1. The van der Waals surface area contributed by atoms with Gasteiger partial charge in [-0.15, -0.1) is 11.3 Å². The van der Waals surface area contributed by atoms with Crippen LogP contribution in [0.2, 0.25) is 5.02 Å². The summed E-state index contributed by atoms with van der Waals surface area (Å²) in [6, 6.07) is 19.9. The van der Waals surface area contributed by atoms with Crippen LogP contribution in [-0.2, 0) is 0 Å². The third-order valence-corrected chi connectivity index (χ3v) is 5.37. The van der Waals surface area contributed by atoms with Gasteiger partial charge in [-0.1, -0.05) is 41.9 Å². The van der Waals surface area contributed by atoms with E-state index in [1.807, 2.05) is 77.8 Å². The standard InChI is InChI=1S/C21H17ClN4S/c1-15-9-10-17(12-19(15)22)24-23-13-16-14-26(18-6-3-2-4-7-18)25-21(16)20-8-5-11-27-20/h2-14,24H,1H3/b23-13-. The van der Waals surface area contributed by atoms with Gasteiger partial charge in [-0.3, -0.25) is 5.43 Å². The topological polar surface area (TPSA) is 42.2 Å². The summed E-state index contributed by atoms with van der Waals surface area (Å²) in [5.74, 6) is 0. The second-order valence-corrected chi connectivity index (χ2v) is 7.38. The Morgan fingerprint density at radius 2 is 1.96 bits per heavy atom. The fraction of sp³-hybridized carbons (Fsp3) is 0.0476. The van der Waals surface area contributed by atoms with Crippen molar-refractivity contribution in [3.63, 3.8) is 0 Å². The summed E-state index contributed by atoms with van der Waals surface area (Å²) >= 11 is 7.83. The van der Waals surface area contributed by atoms with E-state index in [2.05, 4.69) is 16.6 Å². The summed E-state index contributed by atoms with van der Waals surface area (Å²) in [5.41, 5.74) is 7.76. The molecule has 2 aromatic heterocycles. The number of hydrogen-bond donors (Lipinski definition) is 1. The highest BCUT2D eigenvalue weighted by molar-refractivity contribution is 7.13. The van der Waals surface area contributed by atoms with Crippen LogP contribution in [0.5, 0.6) is 0 Å². The molecule has 0 aliphatic rings. The first kappa shape index (κ1) is 17.5. The lowest BCUT2D eigenvalue weighted by atomic mass is 10.2. The first-order valence-electron chi connectivity index (χ1n) is 8.45. The maximum Gasteiger partial charge on any atom is 0.112 e. The van der Waals surface area contributed by atoms with Gasteiger partial charge in [0.15, 0.2) is 0 Å². The molecule has 2 heterocycles. The zero-order valence-corrected chi connectivity index (χ0v) is 16.2. The van der Waals surface area contributed by atoms with Crippen LogP contribution in [0.15, 0.2) is 77.3 Å². The second-order valence-electron chi connectivity index (χ2n) is 6.02. The molecule has 4 nitrogen and oxygen atoms in total. The average Bonchev–Trinajstić information content (AvgIpc) is 3.35. The minimum Gasteiger partial charge on any atom is -0.278 e. The molecule has 1 N–H and O–H groups in total. The monoisotopic (exact) mass is 392 g/mol. The maximum absolute atomic E-state index is 6.17. The number of benzene rings is 2. The van der Waals surface area contributed by atoms with Crippen LogP contribution in [0.3, 0.4) is 0 Å². The van der Waals surface area contributed by atoms with Gasteiger partial charge < -0.3 is 0 Å². The molecular formula is C21H17ClN4S. The summed E-state index contributed by atoms with van der Waals surface area (Å²) in [6.07, 6.45) is 3.77. The molecule has 134 valence electrons. The Bertz CT molecular complexity index is 1070. The van der Waals surface area contributed by atoms with E-state index in [-0.39, 0.29) is 0 Å². The number of hydrazone groups is 1. The van der Waals surface area contributed by atoms with Gasteiger partial charge in [-0.05, 0) is 48.2 Å². The first-order valence-corrected chi connectivity index (χ1v) is 9.71. The Morgan fingerprint density at radius 3 is 2.70 bits per heavy atom. The fourth-order valence-electron chi connectivity index (χ4n) is 2.64. The molecule has 0 amide bonds. The van der Waals surface area contributed by atoms with Crippen molar-refractivity contribution < 1.29 is 0 Å². The third kappa shape index (κ3) is 3.94. The molecule has 0 aliphatic heterocycles. The third-order valence-electron chi connectivity index (χ3n) is 4.09. The van der Waals surface area contributed by atoms with Crippen molar-refractivity contribution in [2.75, 3.05) is 5.43 Å². The van der Waals surface area contributed by atoms with Crippen LogP contribution in [0, 0.1) is 6.92 Å². The van der Waals surface area contributed by atoms with E-state index in [9.17, 15) is 0 Å². The number of anilines is 1. The average molecular weight is 393 g/mol. The zero-order chi connectivity index (χ0) is 18.6. The van der Waals surface area contributed by atoms with Crippen LogP contribution in [0.4, 0.5) is 5.69 Å². The molecule has 0 atom stereocenters. The van der Waals surface area contributed by atoms with Crippen molar-refractivity contribution in [2.45, 2.75) is 6.92 Å². The largest absolute Gasteiger partial charge is 0.278 e. The molecule has 0 saturated heterocycles. The van der Waals surface area contributed by atoms with E-state index in [0.29, 0.717) is 5.02 Å². The van der Waals surface area contributed by atoms with E-state index >= 15 is 0 Å². The number of rotatable bonds is 5. The number of nitrogens with zero attached hydrogens (tertiary/aromatic N) is 3. The minimum atomic E-state index is 0.714. The Hall–Kier alpha value is -2.89. The quantitative estimate of drug-likeness (QED) is 0.334. The summed E-state index contributed by atoms with van der Waals surface area (Å²) in [4.78, 5) is 1.10. The van der Waals surface area contributed by atoms with Gasteiger partial charge in [0.05, 0.1) is 22.5 Å². The van der Waals surface area contributed by atoms with E-state index in [4.69, 9.17) is 16.7 Å². The molecule has 4 rings (SSSR count). The van der Waals surface area contributed by atoms with Gasteiger partial charge in [0.1, 0.15) is 5.69 Å². The molecular weight excluding hydrogens is 376 g/mol. The van der Waals surface area contributed by atoms with Crippen LogP contribution in [-0.4, -0.2) is 16.0 Å². The van der Waals surface area contributed by atoms with Crippen molar-refractivity contribution in [1.29, 1.82) is 0 Å². The molecule has 4 aromatic rings. The predicted molar refractivity (Wildman–Crippen MR) is 114 cm³/mol. The van der Waals surface area contributed by atoms with E-state index in [1.165, 1.54) is 0 Å². The molecule has 0 fully saturated rings. The Labute approximate surface area is 166 Å². The van der Waals surface area contributed by atoms with Crippen molar-refractivity contribution in [3.8, 4) is 16.3 Å². The predicted octanol–water partition coefficient (Wildman–Crippen LogP) is 6.01. The van der Waals surface area contributed by atoms with Crippen molar-refractivity contribution in [1.82, 2.24) is 9.78 Å². The number of hydrogen-bond acceptors (Lipinski definition) is 4. The molecule has 0 bridgehead atoms. The van der Waals surface area contributed by atoms with E-state index in [1.54, 1.807) is 17.6 Å². The van der Waals surface area contributed by atoms with Gasteiger partial charge in [-0.2, -0.15) is 10.2 Å². The van der Waals surface area contributed by atoms with Gasteiger partial charge in [0.25, 0.3) is 0 Å². The maximum atomic E-state index is 6.17. The van der Waals surface area contributed by atoms with Gasteiger partial charge >= 0.3 is 0 Å². The molecule has 0 saturated carbocycles. The van der Waals surface area contributed by atoms with Crippen LogP contribution in [0.25, 0.3) is 16.3 Å². The van der Waals surface area contributed by atoms with Gasteiger partial charge in [0, 0.05) is 16.8 Å². The Balaban J connectivity index is 1.64. The SMILES string of the molecule is Cc1ccc(N/N=C\c2cn(-c3ccccc3)nc2-c2cccs2)cc1Cl. The summed E-state index contributed by atoms with van der Waals surface area (Å²) in [5, 5.41) is 11.9. The van der Waals surface area contributed by atoms with E-state index in [0.717, 1.165) is 33.1 Å². The lowest BCUT2D eigenvalue weighted by Gasteiger charge is -2.02. The van der Waals surface area contributed by atoms with Crippen LogP contribution < -0.4 is 5.43 Å². The van der Waals surface area contributed by atoms with E-state index < -0.39 is 0 Å². The number of halogens is 1. The van der Waals surface area contributed by atoms with Crippen molar-refractivity contribution in [2.24, 2.45) is 5.10 Å². The normalized spacial score (nSPS) is 11.2. The molecule has 0 aliphatic carbocycles. The smallest absolute Gasteiger partial charge is 0.112 e. The number of thiophene rings is 1. The number of aryl methyl sites for hydroxylation is 1. The molecule has 6 heteroatoms. The lowest BCUT2D eigenvalue weighted by molar-refractivity contribution is 0.885. The minimum absolute atomic E-state index is 0.714. The number of para-hydroxylation sites is 1. The molecule has 0 radical (unpaired) electrons. The van der Waals surface area contributed by atoms with Crippen molar-refractivity contribution >= 4 is 34.8 Å². The highest BCUT2D eigenvalue weighted by atomic mass is 35.5. The highest BCUT2D eigenvalue weighted by Gasteiger charge is 2.11. The zero-order valence-electron chi connectivity index (χ0n) is 14.6. The first-order chi connectivity index (χ1) is 13.2.